The van der Waals surface area contributed by atoms with E-state index in [9.17, 15) is 4.79 Å². The van der Waals surface area contributed by atoms with Crippen molar-refractivity contribution in [3.63, 3.8) is 0 Å². The number of nitrogens with zero attached hydrogens (tertiary/aromatic N) is 1. The van der Waals surface area contributed by atoms with Crippen LogP contribution in [0.4, 0.5) is 4.79 Å². The summed E-state index contributed by atoms with van der Waals surface area (Å²) in [5, 5.41) is 3.62. The van der Waals surface area contributed by atoms with Gasteiger partial charge in [0.1, 0.15) is 5.60 Å². The zero-order chi connectivity index (χ0) is 16.0. The number of likely N-dealkylation sites (N-methyl/N-ethyl adjacent to an activating group) is 1. The second-order valence-electron chi connectivity index (χ2n) is 7.63. The lowest BCUT2D eigenvalue weighted by Gasteiger charge is -2.33. The molecular formula is C17H34N2O2. The molecule has 1 saturated carbocycles. The van der Waals surface area contributed by atoms with Crippen LogP contribution in [0.5, 0.6) is 0 Å². The summed E-state index contributed by atoms with van der Waals surface area (Å²) in [6.45, 7) is 14.6. The summed E-state index contributed by atoms with van der Waals surface area (Å²) < 4.78 is 5.43. The van der Waals surface area contributed by atoms with Crippen molar-refractivity contribution >= 4 is 6.09 Å². The molecule has 2 unspecified atom stereocenters. The van der Waals surface area contributed by atoms with Crippen LogP contribution in [-0.2, 0) is 4.74 Å². The molecule has 1 fully saturated rings. The molecule has 0 saturated heterocycles. The summed E-state index contributed by atoms with van der Waals surface area (Å²) in [5.41, 5.74) is -0.424. The molecule has 0 bridgehead atoms. The number of rotatable bonds is 5. The molecule has 1 aliphatic rings. The van der Waals surface area contributed by atoms with Crippen LogP contribution >= 0.6 is 0 Å². The fourth-order valence-corrected chi connectivity index (χ4v) is 3.22. The van der Waals surface area contributed by atoms with Crippen LogP contribution in [0, 0.1) is 11.8 Å². The first-order valence-corrected chi connectivity index (χ1v) is 8.42. The number of carbonyl (C=O) groups is 1. The zero-order valence-corrected chi connectivity index (χ0v) is 14.7. The Balaban J connectivity index is 2.33. The van der Waals surface area contributed by atoms with Gasteiger partial charge < -0.3 is 15.0 Å². The number of amides is 1. The lowest BCUT2D eigenvalue weighted by atomic mass is 9.80. The van der Waals surface area contributed by atoms with Gasteiger partial charge in [-0.1, -0.05) is 13.8 Å². The number of hydrogen-bond acceptors (Lipinski definition) is 3. The Bertz CT molecular complexity index is 315. The van der Waals surface area contributed by atoms with Crippen LogP contribution in [0.2, 0.25) is 0 Å². The number of hydrogen-bond donors (Lipinski definition) is 1. The number of carbonyl (C=O) groups excluding carboxylic acids is 1. The maximum absolute atomic E-state index is 12.1. The first kappa shape index (κ1) is 18.3. The highest BCUT2D eigenvalue weighted by molar-refractivity contribution is 5.68. The van der Waals surface area contributed by atoms with Gasteiger partial charge in [-0.2, -0.15) is 0 Å². The van der Waals surface area contributed by atoms with Crippen molar-refractivity contribution in [1.82, 2.24) is 10.2 Å². The van der Waals surface area contributed by atoms with E-state index in [1.54, 1.807) is 4.90 Å². The fourth-order valence-electron chi connectivity index (χ4n) is 3.22. The highest BCUT2D eigenvalue weighted by atomic mass is 16.6. The number of nitrogens with one attached hydrogen (secondary N) is 1. The minimum atomic E-state index is -0.424. The number of ether oxygens (including phenoxy) is 1. The van der Waals surface area contributed by atoms with Gasteiger partial charge in [-0.25, -0.2) is 4.79 Å². The molecule has 0 heterocycles. The van der Waals surface area contributed by atoms with Crippen LogP contribution in [0.1, 0.15) is 60.8 Å². The van der Waals surface area contributed by atoms with E-state index >= 15 is 0 Å². The van der Waals surface area contributed by atoms with E-state index in [1.807, 2.05) is 27.7 Å². The van der Waals surface area contributed by atoms with Crippen molar-refractivity contribution in [2.75, 3.05) is 19.6 Å². The van der Waals surface area contributed by atoms with Crippen molar-refractivity contribution in [3.05, 3.63) is 0 Å². The molecule has 0 aromatic rings. The summed E-state index contributed by atoms with van der Waals surface area (Å²) in [4.78, 5) is 13.8. The Hall–Kier alpha value is -0.770. The molecule has 1 N–H and O–H groups in total. The molecule has 1 rings (SSSR count). The SMILES string of the molecule is CCN(CCNC1CC(C)CC(C)C1)C(=O)OC(C)(C)C. The standard InChI is InChI=1S/C17H34N2O2/c1-7-19(16(20)21-17(4,5)6)9-8-18-15-11-13(2)10-14(3)12-15/h13-15,18H,7-12H2,1-6H3. The van der Waals surface area contributed by atoms with Crippen molar-refractivity contribution in [1.29, 1.82) is 0 Å². The summed E-state index contributed by atoms with van der Waals surface area (Å²) in [6, 6.07) is 0.598. The minimum absolute atomic E-state index is 0.211. The van der Waals surface area contributed by atoms with Crippen molar-refractivity contribution in [3.8, 4) is 0 Å². The third-order valence-corrected chi connectivity index (χ3v) is 4.03. The molecule has 1 amide bonds. The van der Waals surface area contributed by atoms with Crippen molar-refractivity contribution < 1.29 is 9.53 Å². The summed E-state index contributed by atoms with van der Waals surface area (Å²) in [7, 11) is 0. The first-order valence-electron chi connectivity index (χ1n) is 8.42. The van der Waals surface area contributed by atoms with E-state index in [0.717, 1.165) is 18.4 Å². The highest BCUT2D eigenvalue weighted by Crippen LogP contribution is 2.28. The molecule has 0 spiro atoms. The predicted molar refractivity (Wildman–Crippen MR) is 87.5 cm³/mol. The molecular weight excluding hydrogens is 264 g/mol. The van der Waals surface area contributed by atoms with Gasteiger partial charge in [0, 0.05) is 25.7 Å². The smallest absolute Gasteiger partial charge is 0.410 e. The monoisotopic (exact) mass is 298 g/mol. The largest absolute Gasteiger partial charge is 0.444 e. The molecule has 0 radical (unpaired) electrons. The maximum Gasteiger partial charge on any atom is 0.410 e. The Labute approximate surface area is 130 Å². The van der Waals surface area contributed by atoms with Gasteiger partial charge in [-0.05, 0) is 58.8 Å². The quantitative estimate of drug-likeness (QED) is 0.842. The van der Waals surface area contributed by atoms with Crippen LogP contribution in [0.3, 0.4) is 0 Å². The fraction of sp³-hybridized carbons (Fsp3) is 0.941. The van der Waals surface area contributed by atoms with E-state index in [2.05, 4.69) is 19.2 Å². The normalized spacial score (nSPS) is 26.5. The Morgan fingerprint density at radius 3 is 2.24 bits per heavy atom. The van der Waals surface area contributed by atoms with Crippen LogP contribution in [-0.4, -0.2) is 42.3 Å². The van der Waals surface area contributed by atoms with E-state index < -0.39 is 5.60 Å². The zero-order valence-electron chi connectivity index (χ0n) is 14.7. The van der Waals surface area contributed by atoms with Gasteiger partial charge in [0.05, 0.1) is 0 Å². The highest BCUT2D eigenvalue weighted by Gasteiger charge is 2.24. The third-order valence-electron chi connectivity index (χ3n) is 4.03. The van der Waals surface area contributed by atoms with Gasteiger partial charge in [0.15, 0.2) is 0 Å². The molecule has 0 aromatic heterocycles. The minimum Gasteiger partial charge on any atom is -0.444 e. The third kappa shape index (κ3) is 7.16. The molecule has 1 aliphatic carbocycles. The Morgan fingerprint density at radius 2 is 1.76 bits per heavy atom. The van der Waals surface area contributed by atoms with E-state index in [-0.39, 0.29) is 6.09 Å². The molecule has 2 atom stereocenters. The lowest BCUT2D eigenvalue weighted by molar-refractivity contribution is 0.0259. The van der Waals surface area contributed by atoms with Crippen molar-refractivity contribution in [2.45, 2.75) is 72.4 Å². The van der Waals surface area contributed by atoms with Gasteiger partial charge in [-0.15, -0.1) is 0 Å². The molecule has 4 nitrogen and oxygen atoms in total. The lowest BCUT2D eigenvalue weighted by Crippen LogP contribution is -2.43. The summed E-state index contributed by atoms with van der Waals surface area (Å²) in [5.74, 6) is 1.61. The summed E-state index contributed by atoms with van der Waals surface area (Å²) >= 11 is 0. The van der Waals surface area contributed by atoms with Gasteiger partial charge in [0.25, 0.3) is 0 Å². The summed E-state index contributed by atoms with van der Waals surface area (Å²) in [6.07, 6.45) is 3.64. The molecule has 0 aliphatic heterocycles. The topological polar surface area (TPSA) is 41.6 Å². The van der Waals surface area contributed by atoms with Crippen molar-refractivity contribution in [2.24, 2.45) is 11.8 Å². The maximum atomic E-state index is 12.1. The predicted octanol–water partition coefficient (Wildman–Crippen LogP) is 3.66. The van der Waals surface area contributed by atoms with E-state index in [4.69, 9.17) is 4.74 Å². The average Bonchev–Trinajstić information content (AvgIpc) is 2.31. The molecule has 21 heavy (non-hydrogen) atoms. The van der Waals surface area contributed by atoms with Crippen LogP contribution in [0.25, 0.3) is 0 Å². The van der Waals surface area contributed by atoms with Gasteiger partial charge in [0.2, 0.25) is 0 Å². The van der Waals surface area contributed by atoms with Gasteiger partial charge >= 0.3 is 6.09 Å². The van der Waals surface area contributed by atoms with E-state index in [1.165, 1.54) is 19.3 Å². The first-order chi connectivity index (χ1) is 9.71. The van der Waals surface area contributed by atoms with Crippen LogP contribution < -0.4 is 5.32 Å². The Morgan fingerprint density at radius 1 is 1.19 bits per heavy atom. The average molecular weight is 298 g/mol. The van der Waals surface area contributed by atoms with E-state index in [0.29, 0.717) is 19.1 Å². The second-order valence-corrected chi connectivity index (χ2v) is 7.63. The molecule has 0 aromatic carbocycles. The van der Waals surface area contributed by atoms with Crippen LogP contribution in [0.15, 0.2) is 0 Å². The molecule has 124 valence electrons. The Kier molecular flexibility index (Phi) is 6.98. The second kappa shape index (κ2) is 8.02. The van der Waals surface area contributed by atoms with Gasteiger partial charge in [-0.3, -0.25) is 0 Å². The molecule has 4 heteroatoms.